The van der Waals surface area contributed by atoms with Crippen molar-refractivity contribution in [3.05, 3.63) is 0 Å². The number of morpholine rings is 1. The van der Waals surface area contributed by atoms with Crippen molar-refractivity contribution in [2.24, 2.45) is 16.6 Å². The topological polar surface area (TPSA) is 54.1 Å². The van der Waals surface area contributed by atoms with Crippen LogP contribution in [0.5, 0.6) is 0 Å². The molecule has 5 nitrogen and oxygen atoms in total. The Morgan fingerprint density at radius 3 is 2.41 bits per heavy atom. The van der Waals surface area contributed by atoms with Crippen LogP contribution in [-0.4, -0.2) is 79.2 Å². The summed E-state index contributed by atoms with van der Waals surface area (Å²) in [4.78, 5) is 9.45. The van der Waals surface area contributed by atoms with Gasteiger partial charge in [-0.1, -0.05) is 13.8 Å². The second-order valence-electron chi connectivity index (χ2n) is 6.23. The lowest BCUT2D eigenvalue weighted by Gasteiger charge is -2.35. The van der Waals surface area contributed by atoms with Crippen LogP contribution in [0.2, 0.25) is 0 Å². The van der Waals surface area contributed by atoms with Gasteiger partial charge in [-0.3, -0.25) is 9.89 Å². The van der Waals surface area contributed by atoms with E-state index in [1.54, 1.807) is 0 Å². The minimum atomic E-state index is 0. The number of hydrogen-bond acceptors (Lipinski definition) is 4. The predicted octanol–water partition coefficient (Wildman–Crippen LogP) is 1.71. The molecule has 0 aliphatic carbocycles. The molecule has 0 aromatic carbocycles. The second kappa shape index (κ2) is 10.9. The number of halogens is 1. The minimum absolute atomic E-state index is 0. The van der Waals surface area contributed by atoms with Gasteiger partial charge in [0.15, 0.2) is 5.96 Å². The highest BCUT2D eigenvalue weighted by Crippen LogP contribution is 2.14. The lowest BCUT2D eigenvalue weighted by atomic mass is 10.0. The van der Waals surface area contributed by atoms with Crippen LogP contribution in [-0.2, 0) is 4.74 Å². The quantitative estimate of drug-likeness (QED) is 0.399. The molecule has 0 aromatic heterocycles. The minimum Gasteiger partial charge on any atom is -0.379 e. The molecule has 2 heterocycles. The van der Waals surface area contributed by atoms with Crippen molar-refractivity contribution in [1.82, 2.24) is 9.80 Å². The van der Waals surface area contributed by atoms with Crippen LogP contribution < -0.4 is 5.73 Å². The molecule has 2 N–H and O–H groups in total. The van der Waals surface area contributed by atoms with Gasteiger partial charge in [0.25, 0.3) is 0 Å². The number of thioether (sulfide) groups is 1. The standard InChI is InChI=1S/C15H30N4OS.HI/c1-13(2)11-14(18-3-7-20-8-4-18)12-17-15(16)19-5-9-21-10-6-19;/h13-14H,3-12H2,1-2H3,(H2,16,17);1H. The van der Waals surface area contributed by atoms with Gasteiger partial charge in [0.1, 0.15) is 0 Å². The van der Waals surface area contributed by atoms with Crippen LogP contribution in [0.4, 0.5) is 0 Å². The lowest BCUT2D eigenvalue weighted by molar-refractivity contribution is 0.0142. The maximum Gasteiger partial charge on any atom is 0.191 e. The SMILES string of the molecule is CC(C)CC(CN=C(N)N1CCSCC1)N1CCOCC1.I. The monoisotopic (exact) mass is 442 g/mol. The Hall–Kier alpha value is 0.270. The molecule has 0 radical (unpaired) electrons. The van der Waals surface area contributed by atoms with Crippen molar-refractivity contribution < 1.29 is 4.74 Å². The Kier molecular flexibility index (Phi) is 10.1. The fraction of sp³-hybridized carbons (Fsp3) is 0.933. The van der Waals surface area contributed by atoms with Crippen molar-refractivity contribution in [2.75, 3.05) is 57.4 Å². The molecule has 7 heteroatoms. The summed E-state index contributed by atoms with van der Waals surface area (Å²) in [5, 5.41) is 0. The smallest absolute Gasteiger partial charge is 0.191 e. The summed E-state index contributed by atoms with van der Waals surface area (Å²) in [5.41, 5.74) is 6.18. The highest BCUT2D eigenvalue weighted by Gasteiger charge is 2.22. The zero-order chi connectivity index (χ0) is 15.1. The Morgan fingerprint density at radius 2 is 1.82 bits per heavy atom. The summed E-state index contributed by atoms with van der Waals surface area (Å²) in [5.74, 6) is 3.74. The zero-order valence-electron chi connectivity index (χ0n) is 13.9. The third kappa shape index (κ3) is 6.80. The number of aliphatic imine (C=N–C) groups is 1. The molecule has 0 amide bonds. The molecule has 130 valence electrons. The summed E-state index contributed by atoms with van der Waals surface area (Å²) in [6, 6.07) is 0.492. The summed E-state index contributed by atoms with van der Waals surface area (Å²) in [7, 11) is 0. The molecular formula is C15H31IN4OS. The normalized spacial score (nSPS) is 22.5. The molecule has 22 heavy (non-hydrogen) atoms. The van der Waals surface area contributed by atoms with E-state index in [0.717, 1.165) is 63.4 Å². The Labute approximate surface area is 156 Å². The predicted molar refractivity (Wildman–Crippen MR) is 106 cm³/mol. The molecule has 2 aliphatic rings. The van der Waals surface area contributed by atoms with Gasteiger partial charge >= 0.3 is 0 Å². The third-order valence-electron chi connectivity index (χ3n) is 4.10. The lowest BCUT2D eigenvalue weighted by Crippen LogP contribution is -2.47. The van der Waals surface area contributed by atoms with Gasteiger partial charge < -0.3 is 15.4 Å². The van der Waals surface area contributed by atoms with E-state index in [0.29, 0.717) is 12.0 Å². The second-order valence-corrected chi connectivity index (χ2v) is 7.45. The average molecular weight is 442 g/mol. The third-order valence-corrected chi connectivity index (χ3v) is 5.05. The van der Waals surface area contributed by atoms with E-state index in [-0.39, 0.29) is 24.0 Å². The Bertz CT molecular complexity index is 332. The number of rotatable bonds is 5. The number of nitrogens with zero attached hydrogens (tertiary/aromatic N) is 3. The maximum absolute atomic E-state index is 6.18. The summed E-state index contributed by atoms with van der Waals surface area (Å²) < 4.78 is 5.46. The maximum atomic E-state index is 6.18. The van der Waals surface area contributed by atoms with E-state index < -0.39 is 0 Å². The summed E-state index contributed by atoms with van der Waals surface area (Å²) >= 11 is 2.00. The molecule has 2 rings (SSSR count). The summed E-state index contributed by atoms with van der Waals surface area (Å²) in [6.07, 6.45) is 1.17. The first-order valence-corrected chi connectivity index (χ1v) is 9.26. The Morgan fingerprint density at radius 1 is 1.18 bits per heavy atom. The van der Waals surface area contributed by atoms with E-state index in [2.05, 4.69) is 23.6 Å². The van der Waals surface area contributed by atoms with Gasteiger partial charge in [0.05, 0.1) is 19.8 Å². The first-order valence-electron chi connectivity index (χ1n) is 8.11. The van der Waals surface area contributed by atoms with Crippen molar-refractivity contribution >= 4 is 41.7 Å². The fourth-order valence-corrected chi connectivity index (χ4v) is 3.82. The number of hydrogen-bond donors (Lipinski definition) is 1. The van der Waals surface area contributed by atoms with Crippen molar-refractivity contribution in [3.63, 3.8) is 0 Å². The van der Waals surface area contributed by atoms with Crippen LogP contribution in [0.15, 0.2) is 4.99 Å². The molecule has 1 atom stereocenters. The Balaban J connectivity index is 0.00000242. The first kappa shape index (κ1) is 20.3. The number of guanidine groups is 1. The number of ether oxygens (including phenoxy) is 1. The van der Waals surface area contributed by atoms with Crippen molar-refractivity contribution in [2.45, 2.75) is 26.3 Å². The zero-order valence-corrected chi connectivity index (χ0v) is 17.0. The van der Waals surface area contributed by atoms with Crippen molar-refractivity contribution in [3.8, 4) is 0 Å². The molecule has 0 spiro atoms. The van der Waals surface area contributed by atoms with Crippen LogP contribution in [0.1, 0.15) is 20.3 Å². The molecule has 1 unspecified atom stereocenters. The summed E-state index contributed by atoms with van der Waals surface area (Å²) in [6.45, 7) is 11.2. The van der Waals surface area contributed by atoms with Gasteiger partial charge in [-0.25, -0.2) is 0 Å². The largest absolute Gasteiger partial charge is 0.379 e. The highest BCUT2D eigenvalue weighted by atomic mass is 127. The highest BCUT2D eigenvalue weighted by molar-refractivity contribution is 14.0. The van der Waals surface area contributed by atoms with E-state index in [4.69, 9.17) is 15.5 Å². The molecule has 0 bridgehead atoms. The van der Waals surface area contributed by atoms with Gasteiger partial charge in [0.2, 0.25) is 0 Å². The van der Waals surface area contributed by atoms with E-state index in [1.165, 1.54) is 6.42 Å². The van der Waals surface area contributed by atoms with Gasteiger partial charge in [0, 0.05) is 43.7 Å². The van der Waals surface area contributed by atoms with Crippen LogP contribution in [0, 0.1) is 5.92 Å². The van der Waals surface area contributed by atoms with Gasteiger partial charge in [-0.05, 0) is 12.3 Å². The fourth-order valence-electron chi connectivity index (χ4n) is 2.92. The van der Waals surface area contributed by atoms with Crippen LogP contribution in [0.3, 0.4) is 0 Å². The van der Waals surface area contributed by atoms with E-state index in [9.17, 15) is 0 Å². The molecule has 0 saturated carbocycles. The van der Waals surface area contributed by atoms with E-state index >= 15 is 0 Å². The van der Waals surface area contributed by atoms with E-state index in [1.807, 2.05) is 11.8 Å². The first-order chi connectivity index (χ1) is 10.2. The van der Waals surface area contributed by atoms with Gasteiger partial charge in [-0.15, -0.1) is 24.0 Å². The van der Waals surface area contributed by atoms with Crippen LogP contribution in [0.25, 0.3) is 0 Å². The molecule has 2 saturated heterocycles. The van der Waals surface area contributed by atoms with Crippen LogP contribution >= 0.6 is 35.7 Å². The van der Waals surface area contributed by atoms with Crippen molar-refractivity contribution in [1.29, 1.82) is 0 Å². The molecule has 2 fully saturated rings. The molecule has 2 aliphatic heterocycles. The molecular weight excluding hydrogens is 411 g/mol. The number of nitrogens with two attached hydrogens (primary N) is 1. The van der Waals surface area contributed by atoms with Gasteiger partial charge in [-0.2, -0.15) is 11.8 Å². The molecule has 0 aromatic rings. The average Bonchev–Trinajstić information content (AvgIpc) is 2.52.